The maximum absolute atomic E-state index is 13.6. The molecule has 0 aliphatic heterocycles. The van der Waals surface area contributed by atoms with E-state index in [1.807, 2.05) is 6.07 Å². The van der Waals surface area contributed by atoms with Crippen molar-refractivity contribution in [2.45, 2.75) is 52.5 Å². The summed E-state index contributed by atoms with van der Waals surface area (Å²) >= 11 is 0. The minimum atomic E-state index is -0.251. The number of halogens is 1. The summed E-state index contributed by atoms with van der Waals surface area (Å²) in [5, 5.41) is 3.40. The molecular formula is C16H26FNO. The van der Waals surface area contributed by atoms with Crippen molar-refractivity contribution in [1.29, 1.82) is 0 Å². The molecule has 0 aliphatic carbocycles. The van der Waals surface area contributed by atoms with E-state index in [1.54, 1.807) is 19.1 Å². The Bertz CT molecular complexity index is 368. The third-order valence-electron chi connectivity index (χ3n) is 3.25. The van der Waals surface area contributed by atoms with Crippen LogP contribution in [0.4, 0.5) is 4.39 Å². The van der Waals surface area contributed by atoms with Crippen molar-refractivity contribution < 1.29 is 9.13 Å². The maximum Gasteiger partial charge on any atom is 0.167 e. The molecule has 0 bridgehead atoms. The minimum absolute atomic E-state index is 0.251. The number of rotatable bonds is 9. The number of hydrogen-bond donors (Lipinski definition) is 1. The second-order valence-corrected chi connectivity index (χ2v) is 5.09. The molecule has 0 saturated heterocycles. The molecule has 0 aromatic heterocycles. The average Bonchev–Trinajstić information content (AvgIpc) is 2.39. The Morgan fingerprint density at radius 2 is 2.11 bits per heavy atom. The van der Waals surface area contributed by atoms with Gasteiger partial charge in [-0.1, -0.05) is 38.3 Å². The maximum atomic E-state index is 13.6. The van der Waals surface area contributed by atoms with Crippen LogP contribution >= 0.6 is 0 Å². The van der Waals surface area contributed by atoms with Crippen molar-refractivity contribution >= 4 is 0 Å². The van der Waals surface area contributed by atoms with E-state index in [9.17, 15) is 4.39 Å². The molecule has 1 N–H and O–H groups in total. The van der Waals surface area contributed by atoms with E-state index < -0.39 is 0 Å². The smallest absolute Gasteiger partial charge is 0.167 e. The Labute approximate surface area is 116 Å². The summed E-state index contributed by atoms with van der Waals surface area (Å²) in [7, 11) is 0. The van der Waals surface area contributed by atoms with E-state index in [0.29, 0.717) is 24.0 Å². The van der Waals surface area contributed by atoms with Gasteiger partial charge in [-0.05, 0) is 31.9 Å². The van der Waals surface area contributed by atoms with Gasteiger partial charge in [0.15, 0.2) is 11.6 Å². The van der Waals surface area contributed by atoms with Crippen molar-refractivity contribution in [1.82, 2.24) is 5.32 Å². The minimum Gasteiger partial charge on any atom is -0.489 e. The number of ether oxygens (including phenoxy) is 1. The Morgan fingerprint density at radius 1 is 1.32 bits per heavy atom. The van der Waals surface area contributed by atoms with E-state index in [4.69, 9.17) is 4.74 Å². The summed E-state index contributed by atoms with van der Waals surface area (Å²) < 4.78 is 19.1. The first-order valence-electron chi connectivity index (χ1n) is 7.26. The van der Waals surface area contributed by atoms with E-state index in [0.717, 1.165) is 6.54 Å². The zero-order valence-electron chi connectivity index (χ0n) is 12.3. The Hall–Kier alpha value is -1.09. The van der Waals surface area contributed by atoms with Crippen LogP contribution in [0.3, 0.4) is 0 Å². The lowest BCUT2D eigenvalue weighted by atomic mass is 10.1. The van der Waals surface area contributed by atoms with Crippen LogP contribution in [-0.2, 0) is 0 Å². The second kappa shape index (κ2) is 8.92. The standard InChI is InChI=1S/C16H26FNO/c1-4-5-6-9-14(3)18-11-12-19-15-10-7-8-13(2)16(15)17/h7-8,10,14,18H,4-6,9,11-12H2,1-3H3. The predicted molar refractivity (Wildman–Crippen MR) is 78.2 cm³/mol. The lowest BCUT2D eigenvalue weighted by molar-refractivity contribution is 0.290. The Morgan fingerprint density at radius 3 is 2.84 bits per heavy atom. The van der Waals surface area contributed by atoms with Gasteiger partial charge in [0.2, 0.25) is 0 Å². The van der Waals surface area contributed by atoms with Gasteiger partial charge in [-0.2, -0.15) is 0 Å². The van der Waals surface area contributed by atoms with Gasteiger partial charge in [0.25, 0.3) is 0 Å². The van der Waals surface area contributed by atoms with Crippen molar-refractivity contribution in [3.63, 3.8) is 0 Å². The lowest BCUT2D eigenvalue weighted by Gasteiger charge is -2.14. The molecule has 0 spiro atoms. The summed E-state index contributed by atoms with van der Waals surface area (Å²) in [4.78, 5) is 0. The first-order chi connectivity index (χ1) is 9.15. The first-order valence-corrected chi connectivity index (χ1v) is 7.26. The van der Waals surface area contributed by atoms with Gasteiger partial charge in [-0.25, -0.2) is 4.39 Å². The van der Waals surface area contributed by atoms with Crippen LogP contribution in [0.2, 0.25) is 0 Å². The van der Waals surface area contributed by atoms with Crippen molar-refractivity contribution in [2.75, 3.05) is 13.2 Å². The van der Waals surface area contributed by atoms with Gasteiger partial charge in [-0.3, -0.25) is 0 Å². The highest BCUT2D eigenvalue weighted by molar-refractivity contribution is 5.29. The quantitative estimate of drug-likeness (QED) is 0.681. The van der Waals surface area contributed by atoms with Crippen LogP contribution in [0.1, 0.15) is 45.1 Å². The third-order valence-corrected chi connectivity index (χ3v) is 3.25. The van der Waals surface area contributed by atoms with Gasteiger partial charge in [0.1, 0.15) is 6.61 Å². The van der Waals surface area contributed by atoms with Gasteiger partial charge < -0.3 is 10.1 Å². The predicted octanol–water partition coefficient (Wildman–Crippen LogP) is 4.07. The van der Waals surface area contributed by atoms with Crippen molar-refractivity contribution in [3.05, 3.63) is 29.6 Å². The molecule has 0 fully saturated rings. The fourth-order valence-corrected chi connectivity index (χ4v) is 2.00. The highest BCUT2D eigenvalue weighted by atomic mass is 19.1. The molecule has 1 aromatic rings. The number of nitrogens with one attached hydrogen (secondary N) is 1. The molecule has 0 heterocycles. The van der Waals surface area contributed by atoms with Gasteiger partial charge in [0.05, 0.1) is 0 Å². The molecule has 0 radical (unpaired) electrons. The van der Waals surface area contributed by atoms with Crippen molar-refractivity contribution in [3.8, 4) is 5.75 Å². The molecule has 1 rings (SSSR count). The highest BCUT2D eigenvalue weighted by Gasteiger charge is 2.05. The van der Waals surface area contributed by atoms with Crippen LogP contribution in [0, 0.1) is 12.7 Å². The zero-order valence-corrected chi connectivity index (χ0v) is 12.3. The summed E-state index contributed by atoms with van der Waals surface area (Å²) in [6, 6.07) is 5.73. The number of benzene rings is 1. The summed E-state index contributed by atoms with van der Waals surface area (Å²) in [5.74, 6) is 0.0962. The van der Waals surface area contributed by atoms with Crippen LogP contribution < -0.4 is 10.1 Å². The molecule has 0 amide bonds. The fourth-order valence-electron chi connectivity index (χ4n) is 2.00. The molecule has 1 aromatic carbocycles. The molecule has 19 heavy (non-hydrogen) atoms. The summed E-state index contributed by atoms with van der Waals surface area (Å²) in [6.45, 7) is 7.39. The average molecular weight is 267 g/mol. The van der Waals surface area contributed by atoms with Crippen molar-refractivity contribution in [2.24, 2.45) is 0 Å². The molecule has 0 aliphatic rings. The number of aryl methyl sites for hydroxylation is 1. The molecular weight excluding hydrogens is 241 g/mol. The van der Waals surface area contributed by atoms with E-state index >= 15 is 0 Å². The van der Waals surface area contributed by atoms with Crippen LogP contribution in [0.5, 0.6) is 5.75 Å². The van der Waals surface area contributed by atoms with Crippen LogP contribution in [0.15, 0.2) is 18.2 Å². The van der Waals surface area contributed by atoms with E-state index in [-0.39, 0.29) is 5.82 Å². The SMILES string of the molecule is CCCCCC(C)NCCOc1cccc(C)c1F. The normalized spacial score (nSPS) is 12.4. The molecule has 3 heteroatoms. The third kappa shape index (κ3) is 6.06. The molecule has 1 atom stereocenters. The summed E-state index contributed by atoms with van der Waals surface area (Å²) in [6.07, 6.45) is 4.99. The van der Waals surface area contributed by atoms with E-state index in [2.05, 4.69) is 19.2 Å². The van der Waals surface area contributed by atoms with E-state index in [1.165, 1.54) is 25.7 Å². The number of unbranched alkanes of at least 4 members (excludes halogenated alkanes) is 2. The molecule has 1 unspecified atom stereocenters. The van der Waals surface area contributed by atoms with Crippen LogP contribution in [0.25, 0.3) is 0 Å². The first kappa shape index (κ1) is 16.0. The van der Waals surface area contributed by atoms with Gasteiger partial charge >= 0.3 is 0 Å². The molecule has 108 valence electrons. The molecule has 2 nitrogen and oxygen atoms in total. The Kier molecular flexibility index (Phi) is 7.49. The van der Waals surface area contributed by atoms with Crippen LogP contribution in [-0.4, -0.2) is 19.2 Å². The molecule has 0 saturated carbocycles. The Balaban J connectivity index is 2.18. The monoisotopic (exact) mass is 267 g/mol. The summed E-state index contributed by atoms with van der Waals surface area (Å²) in [5.41, 5.74) is 0.624. The second-order valence-electron chi connectivity index (χ2n) is 5.09. The topological polar surface area (TPSA) is 21.3 Å². The van der Waals surface area contributed by atoms with Gasteiger partial charge in [-0.15, -0.1) is 0 Å². The zero-order chi connectivity index (χ0) is 14.1. The lowest BCUT2D eigenvalue weighted by Crippen LogP contribution is -2.30. The highest BCUT2D eigenvalue weighted by Crippen LogP contribution is 2.19. The largest absolute Gasteiger partial charge is 0.489 e. The fraction of sp³-hybridized carbons (Fsp3) is 0.625. The van der Waals surface area contributed by atoms with Gasteiger partial charge in [0, 0.05) is 12.6 Å². The number of hydrogen-bond acceptors (Lipinski definition) is 2.